The summed E-state index contributed by atoms with van der Waals surface area (Å²) in [6.45, 7) is 0. The van der Waals surface area contributed by atoms with Crippen LogP contribution in [-0.2, 0) is 12.8 Å². The second kappa shape index (κ2) is 5.57. The second-order valence-electron chi connectivity index (χ2n) is 4.51. The Labute approximate surface area is 126 Å². The summed E-state index contributed by atoms with van der Waals surface area (Å²) in [5, 5.41) is 0.744. The number of nitrogens with zero attached hydrogens (tertiary/aromatic N) is 3. The van der Waals surface area contributed by atoms with Crippen LogP contribution in [0.5, 0.6) is 11.5 Å². The molecule has 0 radical (unpaired) electrons. The van der Waals surface area contributed by atoms with E-state index in [2.05, 4.69) is 22.6 Å². The average molecular weight is 299 g/mol. The van der Waals surface area contributed by atoms with Crippen LogP contribution in [0.2, 0.25) is 0 Å². The Morgan fingerprint density at radius 2 is 2.05 bits per heavy atom. The molecular formula is C15H13N3O2S. The zero-order chi connectivity index (χ0) is 14.8. The quantitative estimate of drug-likeness (QED) is 0.755. The van der Waals surface area contributed by atoms with Gasteiger partial charge in [0, 0.05) is 18.6 Å². The van der Waals surface area contributed by atoms with Crippen LogP contribution >= 0.6 is 12.6 Å². The molecule has 6 heteroatoms. The number of ether oxygens (including phenoxy) is 1. The third kappa shape index (κ3) is 2.62. The molecule has 0 fully saturated rings. The zero-order valence-electron chi connectivity index (χ0n) is 11.4. The fourth-order valence-corrected chi connectivity index (χ4v) is 2.17. The van der Waals surface area contributed by atoms with Crippen molar-refractivity contribution in [2.75, 3.05) is 0 Å². The molecular weight excluding hydrogens is 286 g/mol. The molecule has 0 aliphatic rings. The predicted molar refractivity (Wildman–Crippen MR) is 84.0 cm³/mol. The van der Waals surface area contributed by atoms with E-state index in [0.717, 1.165) is 5.39 Å². The zero-order valence-corrected chi connectivity index (χ0v) is 12.2. The molecule has 0 aliphatic carbocycles. The highest BCUT2D eigenvalue weighted by Crippen LogP contribution is 2.20. The molecule has 0 unspecified atom stereocenters. The van der Waals surface area contributed by atoms with Crippen molar-refractivity contribution in [3.63, 3.8) is 0 Å². The number of aryl methyl sites for hydroxylation is 1. The molecule has 0 spiro atoms. The molecule has 21 heavy (non-hydrogen) atoms. The molecule has 0 bridgehead atoms. The van der Waals surface area contributed by atoms with Crippen molar-refractivity contribution in [3.8, 4) is 11.5 Å². The summed E-state index contributed by atoms with van der Waals surface area (Å²) in [7, 11) is 1.66. The smallest absolute Gasteiger partial charge is 0.294 e. The first kappa shape index (κ1) is 13.6. The third-order valence-electron chi connectivity index (χ3n) is 3.08. The molecule has 106 valence electrons. The van der Waals surface area contributed by atoms with E-state index >= 15 is 0 Å². The summed E-state index contributed by atoms with van der Waals surface area (Å²) in [5.74, 6) is 1.87. The number of hydrogen-bond acceptors (Lipinski definition) is 5. The summed E-state index contributed by atoms with van der Waals surface area (Å²) >= 11 is 4.15. The average Bonchev–Trinajstić information content (AvgIpc) is 2.53. The van der Waals surface area contributed by atoms with Crippen LogP contribution in [-0.4, -0.2) is 14.5 Å². The van der Waals surface area contributed by atoms with Crippen LogP contribution in [0.25, 0.3) is 11.0 Å². The van der Waals surface area contributed by atoms with Gasteiger partial charge in [0.2, 0.25) is 0 Å². The van der Waals surface area contributed by atoms with Crippen molar-refractivity contribution in [1.29, 1.82) is 0 Å². The first-order valence-electron chi connectivity index (χ1n) is 6.38. The van der Waals surface area contributed by atoms with Gasteiger partial charge in [0.05, 0.1) is 5.75 Å². The summed E-state index contributed by atoms with van der Waals surface area (Å²) in [5.41, 5.74) is 0.328. The first-order chi connectivity index (χ1) is 10.2. The van der Waals surface area contributed by atoms with Gasteiger partial charge < -0.3 is 4.74 Å². The van der Waals surface area contributed by atoms with Gasteiger partial charge in [0.1, 0.15) is 17.2 Å². The van der Waals surface area contributed by atoms with Crippen molar-refractivity contribution in [3.05, 3.63) is 58.8 Å². The topological polar surface area (TPSA) is 57.0 Å². The molecule has 3 rings (SSSR count). The number of aromatic nitrogens is 3. The second-order valence-corrected chi connectivity index (χ2v) is 4.83. The number of para-hydroxylation sites is 1. The van der Waals surface area contributed by atoms with Gasteiger partial charge in [-0.25, -0.2) is 9.97 Å². The maximum Gasteiger partial charge on any atom is 0.294 e. The molecule has 2 heterocycles. The number of rotatable bonds is 3. The Balaban J connectivity index is 2.13. The lowest BCUT2D eigenvalue weighted by atomic mass is 10.3. The number of benzene rings is 1. The molecule has 2 aromatic heterocycles. The molecule has 1 aromatic carbocycles. The van der Waals surface area contributed by atoms with E-state index in [0.29, 0.717) is 23.0 Å². The van der Waals surface area contributed by atoms with Crippen LogP contribution in [0.3, 0.4) is 0 Å². The summed E-state index contributed by atoms with van der Waals surface area (Å²) in [4.78, 5) is 20.9. The predicted octanol–water partition coefficient (Wildman–Crippen LogP) is 2.55. The summed E-state index contributed by atoms with van der Waals surface area (Å²) in [6.07, 6.45) is 1.67. The van der Waals surface area contributed by atoms with Crippen LogP contribution in [0, 0.1) is 0 Å². The SMILES string of the molecule is Cn1c(=O)c(Oc2ccccc2)cc2cnc(CS)nc21. The molecule has 0 saturated carbocycles. The molecule has 0 saturated heterocycles. The van der Waals surface area contributed by atoms with E-state index in [1.165, 1.54) is 4.57 Å². The largest absolute Gasteiger partial charge is 0.452 e. The normalized spacial score (nSPS) is 10.8. The Morgan fingerprint density at radius 3 is 2.76 bits per heavy atom. The van der Waals surface area contributed by atoms with Gasteiger partial charge in [-0.15, -0.1) is 0 Å². The van der Waals surface area contributed by atoms with Gasteiger partial charge in [-0.1, -0.05) is 18.2 Å². The van der Waals surface area contributed by atoms with Crippen LogP contribution in [0.15, 0.2) is 47.4 Å². The maximum atomic E-state index is 12.3. The molecule has 0 amide bonds. The van der Waals surface area contributed by atoms with E-state index in [1.807, 2.05) is 18.2 Å². The maximum absolute atomic E-state index is 12.3. The number of fused-ring (bicyclic) bond motifs is 1. The highest BCUT2D eigenvalue weighted by Gasteiger charge is 2.10. The van der Waals surface area contributed by atoms with Gasteiger partial charge >= 0.3 is 0 Å². The standard InChI is InChI=1S/C15H13N3O2S/c1-18-14-10(8-16-13(9-21)17-14)7-12(15(18)19)20-11-5-3-2-4-6-11/h2-8,21H,9H2,1H3. The Kier molecular flexibility index (Phi) is 3.62. The highest BCUT2D eigenvalue weighted by molar-refractivity contribution is 7.79. The molecule has 5 nitrogen and oxygen atoms in total. The number of thiol groups is 1. The molecule has 0 atom stereocenters. The van der Waals surface area contributed by atoms with Gasteiger partial charge in [0.15, 0.2) is 5.75 Å². The van der Waals surface area contributed by atoms with Gasteiger partial charge in [0.25, 0.3) is 5.56 Å². The van der Waals surface area contributed by atoms with E-state index in [4.69, 9.17) is 4.74 Å². The van der Waals surface area contributed by atoms with E-state index in [-0.39, 0.29) is 11.3 Å². The minimum Gasteiger partial charge on any atom is -0.452 e. The first-order valence-corrected chi connectivity index (χ1v) is 7.01. The summed E-state index contributed by atoms with van der Waals surface area (Å²) < 4.78 is 7.11. The van der Waals surface area contributed by atoms with Crippen LogP contribution in [0.1, 0.15) is 5.82 Å². The van der Waals surface area contributed by atoms with Crippen molar-refractivity contribution in [2.24, 2.45) is 7.05 Å². The van der Waals surface area contributed by atoms with E-state index < -0.39 is 0 Å². The fourth-order valence-electron chi connectivity index (χ4n) is 2.02. The lowest BCUT2D eigenvalue weighted by Crippen LogP contribution is -2.19. The Hall–Kier alpha value is -2.34. The van der Waals surface area contributed by atoms with Crippen LogP contribution in [0.4, 0.5) is 0 Å². The highest BCUT2D eigenvalue weighted by atomic mass is 32.1. The minimum absolute atomic E-state index is 0.241. The van der Waals surface area contributed by atoms with E-state index in [9.17, 15) is 4.79 Å². The van der Waals surface area contributed by atoms with Crippen molar-refractivity contribution in [1.82, 2.24) is 14.5 Å². The fraction of sp³-hybridized carbons (Fsp3) is 0.133. The van der Waals surface area contributed by atoms with Crippen LogP contribution < -0.4 is 10.3 Å². The summed E-state index contributed by atoms with van der Waals surface area (Å²) in [6, 6.07) is 10.8. The Morgan fingerprint density at radius 1 is 1.29 bits per heavy atom. The molecule has 3 aromatic rings. The third-order valence-corrected chi connectivity index (χ3v) is 3.36. The number of hydrogen-bond donors (Lipinski definition) is 1. The Bertz CT molecular complexity index is 847. The van der Waals surface area contributed by atoms with Gasteiger partial charge in [-0.05, 0) is 18.2 Å². The monoisotopic (exact) mass is 299 g/mol. The minimum atomic E-state index is -0.241. The van der Waals surface area contributed by atoms with Crippen molar-refractivity contribution >= 4 is 23.7 Å². The molecule has 0 N–H and O–H groups in total. The van der Waals surface area contributed by atoms with E-state index in [1.54, 1.807) is 31.4 Å². The lowest BCUT2D eigenvalue weighted by Gasteiger charge is -2.09. The molecule has 0 aliphatic heterocycles. The number of pyridine rings is 1. The van der Waals surface area contributed by atoms with Crippen molar-refractivity contribution < 1.29 is 4.74 Å². The van der Waals surface area contributed by atoms with Gasteiger partial charge in [-0.2, -0.15) is 12.6 Å². The van der Waals surface area contributed by atoms with Crippen molar-refractivity contribution in [2.45, 2.75) is 5.75 Å². The van der Waals surface area contributed by atoms with Gasteiger partial charge in [-0.3, -0.25) is 9.36 Å². The lowest BCUT2D eigenvalue weighted by molar-refractivity contribution is 0.471.